The lowest BCUT2D eigenvalue weighted by Crippen LogP contribution is -2.39. The zero-order chi connectivity index (χ0) is 17.6. The van der Waals surface area contributed by atoms with Crippen molar-refractivity contribution in [2.24, 2.45) is 5.41 Å². The molecular formula is C19H36N2O. The van der Waals surface area contributed by atoms with Crippen LogP contribution in [0.5, 0.6) is 0 Å². The Hall–Kier alpha value is -1.38. The molecule has 1 saturated heterocycles. The Morgan fingerprint density at radius 1 is 1.14 bits per heavy atom. The van der Waals surface area contributed by atoms with Crippen LogP contribution in [0.4, 0.5) is 0 Å². The van der Waals surface area contributed by atoms with Crippen molar-refractivity contribution in [3.63, 3.8) is 0 Å². The summed E-state index contributed by atoms with van der Waals surface area (Å²) < 4.78 is 0. The number of hydrogen-bond acceptors (Lipinski definition) is 2. The van der Waals surface area contributed by atoms with E-state index in [2.05, 4.69) is 18.8 Å². The number of rotatable bonds is 0. The summed E-state index contributed by atoms with van der Waals surface area (Å²) >= 11 is 0. The fourth-order valence-electron chi connectivity index (χ4n) is 1.88. The van der Waals surface area contributed by atoms with Gasteiger partial charge in [0.2, 0.25) is 5.91 Å². The number of hydrogen-bond donors (Lipinski definition) is 0. The summed E-state index contributed by atoms with van der Waals surface area (Å²) in [6, 6.07) is 3.95. The largest absolute Gasteiger partial charge is 0.343 e. The van der Waals surface area contributed by atoms with Crippen molar-refractivity contribution in [3.8, 4) is 0 Å². The van der Waals surface area contributed by atoms with Crippen LogP contribution in [0.3, 0.4) is 0 Å². The van der Waals surface area contributed by atoms with Gasteiger partial charge in [-0.1, -0.05) is 47.6 Å². The average Bonchev–Trinajstić information content (AvgIpc) is 2.52. The van der Waals surface area contributed by atoms with Crippen molar-refractivity contribution in [1.82, 2.24) is 9.88 Å². The van der Waals surface area contributed by atoms with Crippen LogP contribution in [0.2, 0.25) is 0 Å². The van der Waals surface area contributed by atoms with Gasteiger partial charge in [-0.15, -0.1) is 0 Å². The van der Waals surface area contributed by atoms with Gasteiger partial charge in [-0.05, 0) is 36.8 Å². The van der Waals surface area contributed by atoms with Gasteiger partial charge < -0.3 is 4.90 Å². The van der Waals surface area contributed by atoms with Crippen LogP contribution < -0.4 is 0 Å². The molecule has 128 valence electrons. The summed E-state index contributed by atoms with van der Waals surface area (Å²) in [6.07, 6.45) is 5.90. The Balaban J connectivity index is 0. The lowest BCUT2D eigenvalue weighted by atomic mass is 9.83. The quantitative estimate of drug-likeness (QED) is 0.668. The molecule has 1 amide bonds. The summed E-state index contributed by atoms with van der Waals surface area (Å²) in [7, 11) is 0. The van der Waals surface area contributed by atoms with Gasteiger partial charge >= 0.3 is 0 Å². The van der Waals surface area contributed by atoms with E-state index in [0.29, 0.717) is 5.41 Å². The molecule has 1 aliphatic heterocycles. The number of aromatic nitrogens is 1. The third-order valence-corrected chi connectivity index (χ3v) is 3.37. The van der Waals surface area contributed by atoms with Crippen LogP contribution >= 0.6 is 0 Å². The summed E-state index contributed by atoms with van der Waals surface area (Å²) in [5.74, 6) is 0.223. The van der Waals surface area contributed by atoms with Gasteiger partial charge in [-0.25, -0.2) is 0 Å². The van der Waals surface area contributed by atoms with Gasteiger partial charge in [-0.3, -0.25) is 9.78 Å². The van der Waals surface area contributed by atoms with Crippen molar-refractivity contribution in [2.45, 2.75) is 68.2 Å². The maximum Gasteiger partial charge on any atom is 0.219 e. The van der Waals surface area contributed by atoms with E-state index in [1.807, 2.05) is 57.8 Å². The van der Waals surface area contributed by atoms with E-state index in [9.17, 15) is 4.79 Å². The Kier molecular flexibility index (Phi) is 13.8. The van der Waals surface area contributed by atoms with Gasteiger partial charge in [0.15, 0.2) is 0 Å². The molecule has 3 nitrogen and oxygen atoms in total. The normalized spacial score (nSPS) is 15.0. The topological polar surface area (TPSA) is 33.2 Å². The van der Waals surface area contributed by atoms with Crippen molar-refractivity contribution >= 4 is 5.91 Å². The number of aryl methyl sites for hydroxylation is 1. The van der Waals surface area contributed by atoms with Crippen molar-refractivity contribution < 1.29 is 4.79 Å². The number of carbonyl (C=O) groups is 1. The van der Waals surface area contributed by atoms with E-state index in [0.717, 1.165) is 25.9 Å². The van der Waals surface area contributed by atoms with Crippen LogP contribution in [0.25, 0.3) is 0 Å². The van der Waals surface area contributed by atoms with Gasteiger partial charge in [0.05, 0.1) is 0 Å². The molecule has 0 saturated carbocycles. The molecule has 0 bridgehead atoms. The van der Waals surface area contributed by atoms with E-state index >= 15 is 0 Å². The zero-order valence-electron chi connectivity index (χ0n) is 15.9. The maximum atomic E-state index is 10.9. The summed E-state index contributed by atoms with van der Waals surface area (Å²) in [6.45, 7) is 18.1. The summed E-state index contributed by atoms with van der Waals surface area (Å²) in [5.41, 5.74) is 1.66. The molecule has 1 fully saturated rings. The molecule has 3 heteroatoms. The number of likely N-dealkylation sites (tertiary alicyclic amines) is 1. The summed E-state index contributed by atoms with van der Waals surface area (Å²) in [4.78, 5) is 16.8. The van der Waals surface area contributed by atoms with E-state index in [1.165, 1.54) is 5.56 Å². The molecule has 22 heavy (non-hydrogen) atoms. The minimum atomic E-state index is 0.223. The third kappa shape index (κ3) is 11.3. The van der Waals surface area contributed by atoms with Gasteiger partial charge in [0.1, 0.15) is 0 Å². The number of amides is 1. The van der Waals surface area contributed by atoms with Crippen molar-refractivity contribution in [2.75, 3.05) is 13.1 Å². The molecule has 0 radical (unpaired) electrons. The first-order valence-corrected chi connectivity index (χ1v) is 8.53. The lowest BCUT2D eigenvalue weighted by molar-refractivity contribution is -0.130. The van der Waals surface area contributed by atoms with Gasteiger partial charge in [-0.2, -0.15) is 0 Å². The first kappa shape index (κ1) is 22.9. The minimum absolute atomic E-state index is 0.223. The minimum Gasteiger partial charge on any atom is -0.343 e. The smallest absolute Gasteiger partial charge is 0.219 e. The van der Waals surface area contributed by atoms with Crippen molar-refractivity contribution in [1.29, 1.82) is 0 Å². The second-order valence-corrected chi connectivity index (χ2v) is 5.70. The fourth-order valence-corrected chi connectivity index (χ4v) is 1.88. The predicted molar refractivity (Wildman–Crippen MR) is 96.9 cm³/mol. The van der Waals surface area contributed by atoms with E-state index in [-0.39, 0.29) is 5.91 Å². The summed E-state index contributed by atoms with van der Waals surface area (Å²) in [5, 5.41) is 0. The second-order valence-electron chi connectivity index (χ2n) is 5.70. The highest BCUT2D eigenvalue weighted by Crippen LogP contribution is 2.29. The standard InChI is InChI=1S/C9H17NO.C6H7N.2C2H6/c1-8(11)10-6-4-9(2,3)5-7-10;1-6-3-2-4-7-5-6;2*1-2/h4-7H2,1-3H3;2-5H,1H3;2*1-2H3. The van der Waals surface area contributed by atoms with Gasteiger partial charge in [0, 0.05) is 32.4 Å². The van der Waals surface area contributed by atoms with Crippen LogP contribution in [0.15, 0.2) is 24.5 Å². The van der Waals surface area contributed by atoms with Crippen LogP contribution in [-0.4, -0.2) is 28.9 Å². The molecular weight excluding hydrogens is 272 g/mol. The first-order chi connectivity index (χ1) is 10.4. The molecule has 0 atom stereocenters. The van der Waals surface area contributed by atoms with E-state index in [1.54, 1.807) is 13.1 Å². The number of carbonyl (C=O) groups excluding carboxylic acids is 1. The van der Waals surface area contributed by atoms with Crippen molar-refractivity contribution in [3.05, 3.63) is 30.1 Å². The SMILES string of the molecule is CC.CC.CC(=O)N1CCC(C)(C)CC1.Cc1cccnc1. The molecule has 0 aromatic carbocycles. The predicted octanol–water partition coefficient (Wildman–Crippen LogP) is 5.10. The Morgan fingerprint density at radius 3 is 1.91 bits per heavy atom. The molecule has 0 unspecified atom stereocenters. The highest BCUT2D eigenvalue weighted by Gasteiger charge is 2.25. The highest BCUT2D eigenvalue weighted by atomic mass is 16.2. The maximum absolute atomic E-state index is 10.9. The van der Waals surface area contributed by atoms with E-state index in [4.69, 9.17) is 0 Å². The first-order valence-electron chi connectivity index (χ1n) is 8.53. The second kappa shape index (κ2) is 13.3. The number of pyridine rings is 1. The molecule has 1 aliphatic rings. The molecule has 0 N–H and O–H groups in total. The molecule has 1 aromatic rings. The van der Waals surface area contributed by atoms with Crippen LogP contribution in [-0.2, 0) is 4.79 Å². The molecule has 1 aromatic heterocycles. The van der Waals surface area contributed by atoms with Gasteiger partial charge in [0.25, 0.3) is 0 Å². The van der Waals surface area contributed by atoms with Crippen LogP contribution in [0.1, 0.15) is 66.9 Å². The fraction of sp³-hybridized carbons (Fsp3) is 0.684. The molecule has 0 aliphatic carbocycles. The monoisotopic (exact) mass is 308 g/mol. The molecule has 0 spiro atoms. The molecule has 2 heterocycles. The third-order valence-electron chi connectivity index (χ3n) is 3.37. The lowest BCUT2D eigenvalue weighted by Gasteiger charge is -2.36. The molecule has 2 rings (SSSR count). The Bertz CT molecular complexity index is 364. The highest BCUT2D eigenvalue weighted by molar-refractivity contribution is 5.73. The number of piperidine rings is 1. The Labute approximate surface area is 138 Å². The average molecular weight is 309 g/mol. The van der Waals surface area contributed by atoms with E-state index < -0.39 is 0 Å². The number of nitrogens with zero attached hydrogens (tertiary/aromatic N) is 2. The zero-order valence-corrected chi connectivity index (χ0v) is 15.9. The Morgan fingerprint density at radius 2 is 1.64 bits per heavy atom. The van der Waals surface area contributed by atoms with Crippen LogP contribution in [0, 0.1) is 12.3 Å².